The summed E-state index contributed by atoms with van der Waals surface area (Å²) in [5, 5.41) is 0. The lowest BCUT2D eigenvalue weighted by Gasteiger charge is -2.21. The second kappa shape index (κ2) is 11.0. The third kappa shape index (κ3) is 7.20. The average molecular weight is 641 g/mol. The first-order valence-electron chi connectivity index (χ1n) is 9.09. The van der Waals surface area contributed by atoms with Crippen molar-refractivity contribution in [1.29, 1.82) is 0 Å². The number of sulfone groups is 3. The zero-order chi connectivity index (χ0) is 30.1. The maximum Gasteiger partial charge on any atom is 0.499 e. The molecule has 0 aromatic heterocycles. The van der Waals surface area contributed by atoms with Crippen LogP contribution in [0.2, 0.25) is 0 Å². The molecular weight excluding hydrogens is 627 g/mol. The van der Waals surface area contributed by atoms with E-state index in [-0.39, 0.29) is 5.78 Å². The van der Waals surface area contributed by atoms with Crippen molar-refractivity contribution in [2.45, 2.75) is 32.3 Å². The van der Waals surface area contributed by atoms with E-state index < -0.39 is 50.0 Å². The maximum atomic E-state index is 12.1. The van der Waals surface area contributed by atoms with Gasteiger partial charge in [-0.05, 0) is 30.2 Å². The predicted molar refractivity (Wildman–Crippen MR) is 118 cm³/mol. The van der Waals surface area contributed by atoms with E-state index in [1.807, 2.05) is 48.5 Å². The van der Waals surface area contributed by atoms with Gasteiger partial charge < -0.3 is 0 Å². The van der Waals surface area contributed by atoms with Gasteiger partial charge in [-0.1, -0.05) is 36.4 Å². The molecule has 0 heterocycles. The summed E-state index contributed by atoms with van der Waals surface area (Å²) in [5.41, 5.74) is -18.1. The van der Waals surface area contributed by atoms with Crippen molar-refractivity contribution in [3.63, 3.8) is 0 Å². The Labute approximate surface area is 214 Å². The molecular formula is C18H13F9O7S4. The van der Waals surface area contributed by atoms with Crippen molar-refractivity contribution >= 4 is 47.9 Å². The van der Waals surface area contributed by atoms with Gasteiger partial charge in [-0.2, -0.15) is 39.5 Å². The van der Waals surface area contributed by atoms with Crippen LogP contribution in [0.15, 0.2) is 53.4 Å². The molecule has 214 valence electrons. The molecule has 0 aliphatic heterocycles. The zero-order valence-electron chi connectivity index (χ0n) is 18.1. The summed E-state index contributed by atoms with van der Waals surface area (Å²) in [6.45, 7) is 1.57. The smallest absolute Gasteiger partial charge is 0.295 e. The lowest BCUT2D eigenvalue weighted by Crippen LogP contribution is -2.52. The topological polar surface area (TPSA) is 119 Å². The fourth-order valence-corrected chi connectivity index (χ4v) is 9.15. The van der Waals surface area contributed by atoms with Crippen LogP contribution in [0.5, 0.6) is 0 Å². The highest BCUT2D eigenvalue weighted by Gasteiger charge is 2.73. The molecule has 2 aromatic carbocycles. The summed E-state index contributed by atoms with van der Waals surface area (Å²) in [4.78, 5) is 12.1. The summed E-state index contributed by atoms with van der Waals surface area (Å²) >= 11 is 4.24. The van der Waals surface area contributed by atoms with E-state index in [1.165, 1.54) is 0 Å². The Morgan fingerprint density at radius 2 is 0.868 bits per heavy atom. The second-order valence-electron chi connectivity index (χ2n) is 6.94. The highest BCUT2D eigenvalue weighted by atomic mass is 32.3. The number of carbonyl (C=O) groups excluding carboxylic acids is 1. The van der Waals surface area contributed by atoms with Crippen LogP contribution in [0.3, 0.4) is 0 Å². The molecule has 38 heavy (non-hydrogen) atoms. The van der Waals surface area contributed by atoms with Crippen molar-refractivity contribution in [1.82, 2.24) is 0 Å². The van der Waals surface area contributed by atoms with Crippen LogP contribution in [0.4, 0.5) is 39.5 Å². The molecule has 2 aromatic rings. The van der Waals surface area contributed by atoms with Gasteiger partial charge in [0.15, 0.2) is 5.78 Å². The van der Waals surface area contributed by atoms with Crippen molar-refractivity contribution in [3.05, 3.63) is 54.1 Å². The molecule has 2 rings (SSSR count). The molecule has 0 atom stereocenters. The minimum Gasteiger partial charge on any atom is -0.295 e. The molecule has 0 radical (unpaired) electrons. The van der Waals surface area contributed by atoms with E-state index in [0.717, 1.165) is 21.6 Å². The van der Waals surface area contributed by atoms with Crippen LogP contribution in [0.1, 0.15) is 17.3 Å². The fraction of sp³-hybridized carbons (Fsp3) is 0.278. The summed E-state index contributed by atoms with van der Waals surface area (Å²) in [6, 6.07) is 15.6. The molecule has 0 aliphatic carbocycles. The van der Waals surface area contributed by atoms with Crippen molar-refractivity contribution in [2.75, 3.05) is 0 Å². The molecule has 0 saturated carbocycles. The lowest BCUT2D eigenvalue weighted by atomic mass is 10.0. The van der Waals surface area contributed by atoms with Gasteiger partial charge >= 0.3 is 16.5 Å². The van der Waals surface area contributed by atoms with E-state index >= 15 is 0 Å². The highest BCUT2D eigenvalue weighted by Crippen LogP contribution is 2.43. The van der Waals surface area contributed by atoms with Crippen LogP contribution in [-0.4, -0.2) is 51.5 Å². The van der Waals surface area contributed by atoms with Gasteiger partial charge in [0, 0.05) is 10.5 Å². The van der Waals surface area contributed by atoms with Gasteiger partial charge in [0.25, 0.3) is 33.4 Å². The highest BCUT2D eigenvalue weighted by molar-refractivity contribution is 8.24. The van der Waals surface area contributed by atoms with E-state index in [0.29, 0.717) is 0 Å². The van der Waals surface area contributed by atoms with Crippen molar-refractivity contribution in [2.24, 2.45) is 0 Å². The number of hydrogen-bond acceptors (Lipinski definition) is 8. The number of hydrogen-bond donors (Lipinski definition) is 1. The summed E-state index contributed by atoms with van der Waals surface area (Å²) < 4.78 is 167. The van der Waals surface area contributed by atoms with Crippen molar-refractivity contribution < 1.29 is 69.6 Å². The minimum atomic E-state index is -7.94. The normalized spacial score (nSPS) is 13.6. The molecule has 7 nitrogen and oxygen atoms in total. The standard InChI is InChI=1S/C14H12OS.C4HF9O6S3/c1-10(15)11-2-4-12(5-3-11)13-6-8-14(16)9-7-13;5-2(6,7)20(14,15)1(21(16,17)3(8,9)10)22(18,19)4(11,12)13/h2-9,16H,1H3;1H. The monoisotopic (exact) mass is 640 g/mol. The van der Waals surface area contributed by atoms with Crippen LogP contribution in [-0.2, 0) is 29.5 Å². The van der Waals surface area contributed by atoms with Gasteiger partial charge in [-0.15, -0.1) is 12.6 Å². The summed E-state index contributed by atoms with van der Waals surface area (Å²) in [7, 11) is -23.8. The lowest BCUT2D eigenvalue weighted by molar-refractivity contribution is -0.0490. The quantitative estimate of drug-likeness (QED) is 0.280. The average Bonchev–Trinajstić information content (AvgIpc) is 2.72. The Hall–Kier alpha value is -2.32. The van der Waals surface area contributed by atoms with Crippen LogP contribution in [0.25, 0.3) is 11.1 Å². The van der Waals surface area contributed by atoms with Gasteiger partial charge in [0.2, 0.25) is 0 Å². The first kappa shape index (κ1) is 33.7. The van der Waals surface area contributed by atoms with E-state index in [4.69, 9.17) is 0 Å². The fourth-order valence-electron chi connectivity index (χ4n) is 2.38. The van der Waals surface area contributed by atoms with Crippen molar-refractivity contribution in [3.8, 4) is 11.1 Å². The Morgan fingerprint density at radius 1 is 0.605 bits per heavy atom. The van der Waals surface area contributed by atoms with E-state index in [2.05, 4.69) is 12.6 Å². The van der Waals surface area contributed by atoms with Gasteiger partial charge in [-0.3, -0.25) is 4.79 Å². The predicted octanol–water partition coefficient (Wildman–Crippen LogP) is 4.92. The summed E-state index contributed by atoms with van der Waals surface area (Å²) in [5.74, 6) is 0.0947. The number of carbonyl (C=O) groups is 1. The first-order valence-corrected chi connectivity index (χ1v) is 14.2. The number of benzene rings is 2. The van der Waals surface area contributed by atoms with E-state index in [9.17, 15) is 69.6 Å². The molecule has 0 amide bonds. The Balaban J connectivity index is 0.000000396. The van der Waals surface area contributed by atoms with Gasteiger partial charge in [0.05, 0.1) is 0 Å². The third-order valence-electron chi connectivity index (χ3n) is 4.22. The Kier molecular flexibility index (Phi) is 9.80. The number of halogens is 9. The maximum absolute atomic E-state index is 12.1. The number of thiol groups is 1. The number of rotatable bonds is 5. The van der Waals surface area contributed by atoms with Gasteiger partial charge in [-0.25, -0.2) is 25.3 Å². The van der Waals surface area contributed by atoms with E-state index in [1.54, 1.807) is 6.92 Å². The molecule has 20 heteroatoms. The number of alkyl halides is 9. The molecule has 0 N–H and O–H groups in total. The zero-order valence-corrected chi connectivity index (χ0v) is 21.5. The Bertz CT molecular complexity index is 1370. The minimum absolute atomic E-state index is 0.0947. The molecule has 0 aliphatic rings. The molecule has 0 spiro atoms. The van der Waals surface area contributed by atoms with Crippen LogP contribution < -0.4 is 0 Å². The largest absolute Gasteiger partial charge is 0.499 e. The molecule has 0 bridgehead atoms. The second-order valence-corrected chi connectivity index (χ2v) is 14.4. The number of Topliss-reactive ketones (excluding diaryl/α,β-unsaturated/α-hetero) is 1. The molecule has 0 unspecified atom stereocenters. The first-order chi connectivity index (χ1) is 16.8. The SMILES string of the molecule is CC(=O)c1ccc(-c2ccc(S)cc2)cc1.O=S(=O)(C(S(=O)(=O)C(F)(F)F)S(=O)(=O)C(F)(F)F)C(F)(F)F. The molecule has 0 saturated heterocycles. The van der Waals surface area contributed by atoms with Gasteiger partial charge in [0.1, 0.15) is 0 Å². The number of ketones is 1. The summed E-state index contributed by atoms with van der Waals surface area (Å²) in [6.07, 6.45) is 0. The Morgan fingerprint density at radius 3 is 1.11 bits per heavy atom. The molecule has 0 fully saturated rings. The van der Waals surface area contributed by atoms with Crippen LogP contribution in [0, 0.1) is 0 Å². The third-order valence-corrected chi connectivity index (χ3v) is 12.5. The van der Waals surface area contributed by atoms with Crippen LogP contribution >= 0.6 is 12.6 Å².